The van der Waals surface area contributed by atoms with E-state index in [-0.39, 0.29) is 0 Å². The Balaban J connectivity index is 3.37. The minimum atomic E-state index is 0.750. The lowest BCUT2D eigenvalue weighted by atomic mass is 9.86. The van der Waals surface area contributed by atoms with Crippen LogP contribution in [0.2, 0.25) is 0 Å². The number of allylic oxidation sites excluding steroid dienone is 1. The summed E-state index contributed by atoms with van der Waals surface area (Å²) in [5, 5.41) is 0. The summed E-state index contributed by atoms with van der Waals surface area (Å²) in [6.07, 6.45) is 32.3. The monoisotopic (exact) mass is 449 g/mol. The molecule has 0 nitrogen and oxygen atoms in total. The highest BCUT2D eigenvalue weighted by Crippen LogP contribution is 2.25. The first-order valence-electron chi connectivity index (χ1n) is 15.2. The molecule has 0 bridgehead atoms. The lowest BCUT2D eigenvalue weighted by Crippen LogP contribution is -2.08. The van der Waals surface area contributed by atoms with Gasteiger partial charge in [-0.2, -0.15) is 0 Å². The van der Waals surface area contributed by atoms with Crippen LogP contribution < -0.4 is 0 Å². The molecular formula is C32H64. The molecule has 192 valence electrons. The summed E-state index contributed by atoms with van der Waals surface area (Å²) >= 11 is 0. The number of hydrogen-bond acceptors (Lipinski definition) is 0. The third-order valence-corrected chi connectivity index (χ3v) is 8.20. The van der Waals surface area contributed by atoms with Gasteiger partial charge in [-0.05, 0) is 36.5 Å². The lowest BCUT2D eigenvalue weighted by Gasteiger charge is -2.20. The first kappa shape index (κ1) is 31.7. The van der Waals surface area contributed by atoms with Gasteiger partial charge in [0.15, 0.2) is 0 Å². The SMILES string of the molecule is C=CC(CC)CCCCCC(C)C(C)CCCCCCCCCCCCCC(C)CCC. The molecule has 0 aliphatic carbocycles. The van der Waals surface area contributed by atoms with E-state index in [1.54, 1.807) is 0 Å². The van der Waals surface area contributed by atoms with Crippen molar-refractivity contribution in [1.82, 2.24) is 0 Å². The standard InChI is InChI=1S/C32H64/c1-7-24-29(4)25-20-17-15-13-11-10-12-14-16-18-21-26-30(5)31(6)27-22-19-23-28-32(8-2)9-3/h8,29-32H,2,7,9-28H2,1,3-6H3. The fraction of sp³-hybridized carbons (Fsp3) is 0.938. The zero-order valence-electron chi connectivity index (χ0n) is 23.4. The van der Waals surface area contributed by atoms with Gasteiger partial charge in [0, 0.05) is 0 Å². The van der Waals surface area contributed by atoms with Crippen molar-refractivity contribution < 1.29 is 0 Å². The minimum Gasteiger partial charge on any atom is -0.103 e. The smallest absolute Gasteiger partial charge is 0.0239 e. The van der Waals surface area contributed by atoms with Gasteiger partial charge in [-0.1, -0.05) is 163 Å². The molecule has 0 heteroatoms. The minimum absolute atomic E-state index is 0.750. The molecule has 32 heavy (non-hydrogen) atoms. The fourth-order valence-electron chi connectivity index (χ4n) is 5.29. The second-order valence-electron chi connectivity index (χ2n) is 11.4. The second kappa shape index (κ2) is 23.9. The van der Waals surface area contributed by atoms with E-state index in [2.05, 4.69) is 47.3 Å². The topological polar surface area (TPSA) is 0 Å². The fourth-order valence-corrected chi connectivity index (χ4v) is 5.29. The Morgan fingerprint density at radius 3 is 1.28 bits per heavy atom. The van der Waals surface area contributed by atoms with E-state index in [4.69, 9.17) is 0 Å². The van der Waals surface area contributed by atoms with Crippen molar-refractivity contribution in [1.29, 1.82) is 0 Å². The van der Waals surface area contributed by atoms with Gasteiger partial charge in [-0.15, -0.1) is 6.58 Å². The normalized spacial score (nSPS) is 15.4. The Labute approximate surface area is 205 Å². The highest BCUT2D eigenvalue weighted by molar-refractivity contribution is 4.77. The summed E-state index contributed by atoms with van der Waals surface area (Å²) in [6.45, 7) is 16.0. The molecule has 0 aromatic rings. The van der Waals surface area contributed by atoms with Gasteiger partial charge >= 0.3 is 0 Å². The van der Waals surface area contributed by atoms with Gasteiger partial charge in [-0.25, -0.2) is 0 Å². The molecule has 0 aliphatic heterocycles. The van der Waals surface area contributed by atoms with Crippen LogP contribution in [0.1, 0.15) is 169 Å². The molecule has 4 unspecified atom stereocenters. The Kier molecular flexibility index (Phi) is 23.7. The van der Waals surface area contributed by atoms with Crippen LogP contribution in [-0.2, 0) is 0 Å². The second-order valence-corrected chi connectivity index (χ2v) is 11.4. The van der Waals surface area contributed by atoms with Crippen LogP contribution in [0.4, 0.5) is 0 Å². The maximum Gasteiger partial charge on any atom is -0.0239 e. The predicted octanol–water partition coefficient (Wildman–Crippen LogP) is 11.9. The predicted molar refractivity (Wildman–Crippen MR) is 149 cm³/mol. The van der Waals surface area contributed by atoms with E-state index in [9.17, 15) is 0 Å². The van der Waals surface area contributed by atoms with Crippen molar-refractivity contribution in [3.8, 4) is 0 Å². The lowest BCUT2D eigenvalue weighted by molar-refractivity contribution is 0.321. The van der Waals surface area contributed by atoms with Gasteiger partial charge in [0.2, 0.25) is 0 Å². The summed E-state index contributed by atoms with van der Waals surface area (Å²) in [6, 6.07) is 0. The van der Waals surface area contributed by atoms with Gasteiger partial charge in [0.25, 0.3) is 0 Å². The summed E-state index contributed by atoms with van der Waals surface area (Å²) < 4.78 is 0. The summed E-state index contributed by atoms with van der Waals surface area (Å²) in [7, 11) is 0. The Morgan fingerprint density at radius 1 is 0.500 bits per heavy atom. The Morgan fingerprint density at radius 2 is 0.875 bits per heavy atom. The molecular weight excluding hydrogens is 384 g/mol. The highest BCUT2D eigenvalue weighted by Gasteiger charge is 2.11. The van der Waals surface area contributed by atoms with Crippen LogP contribution in [0.5, 0.6) is 0 Å². The van der Waals surface area contributed by atoms with Gasteiger partial charge in [0.05, 0.1) is 0 Å². The molecule has 0 aromatic heterocycles. The van der Waals surface area contributed by atoms with Crippen LogP contribution in [0.25, 0.3) is 0 Å². The van der Waals surface area contributed by atoms with E-state index < -0.39 is 0 Å². The molecule has 0 radical (unpaired) electrons. The number of hydrogen-bond donors (Lipinski definition) is 0. The Hall–Kier alpha value is -0.260. The van der Waals surface area contributed by atoms with Crippen LogP contribution in [-0.4, -0.2) is 0 Å². The maximum atomic E-state index is 3.96. The summed E-state index contributed by atoms with van der Waals surface area (Å²) in [5.41, 5.74) is 0. The van der Waals surface area contributed by atoms with Gasteiger partial charge < -0.3 is 0 Å². The van der Waals surface area contributed by atoms with Crippen molar-refractivity contribution >= 4 is 0 Å². The van der Waals surface area contributed by atoms with Crippen LogP contribution >= 0.6 is 0 Å². The largest absolute Gasteiger partial charge is 0.103 e. The van der Waals surface area contributed by atoms with Crippen molar-refractivity contribution in [3.63, 3.8) is 0 Å². The molecule has 4 atom stereocenters. The molecule has 0 fully saturated rings. The molecule has 0 aromatic carbocycles. The van der Waals surface area contributed by atoms with Gasteiger partial charge in [-0.3, -0.25) is 0 Å². The van der Waals surface area contributed by atoms with Crippen molar-refractivity contribution in [2.75, 3.05) is 0 Å². The highest BCUT2D eigenvalue weighted by atomic mass is 14.2. The van der Waals surface area contributed by atoms with Crippen LogP contribution in [0.15, 0.2) is 12.7 Å². The average molecular weight is 449 g/mol. The van der Waals surface area contributed by atoms with Crippen LogP contribution in [0, 0.1) is 23.7 Å². The molecule has 0 spiro atoms. The first-order chi connectivity index (χ1) is 15.5. The number of unbranched alkanes of at least 4 members (excludes halogenated alkanes) is 12. The van der Waals surface area contributed by atoms with E-state index >= 15 is 0 Å². The van der Waals surface area contributed by atoms with Crippen molar-refractivity contribution in [2.45, 2.75) is 169 Å². The molecule has 0 saturated heterocycles. The molecule has 0 heterocycles. The van der Waals surface area contributed by atoms with Crippen molar-refractivity contribution in [3.05, 3.63) is 12.7 Å². The summed E-state index contributed by atoms with van der Waals surface area (Å²) in [4.78, 5) is 0. The molecule has 0 rings (SSSR count). The Bertz CT molecular complexity index is 370. The molecule has 0 N–H and O–H groups in total. The van der Waals surface area contributed by atoms with Gasteiger partial charge in [0.1, 0.15) is 0 Å². The average Bonchev–Trinajstić information content (AvgIpc) is 2.79. The maximum absolute atomic E-state index is 3.96. The number of rotatable bonds is 25. The first-order valence-corrected chi connectivity index (χ1v) is 15.2. The zero-order valence-corrected chi connectivity index (χ0v) is 23.4. The third-order valence-electron chi connectivity index (χ3n) is 8.20. The zero-order chi connectivity index (χ0) is 23.9. The summed E-state index contributed by atoms with van der Waals surface area (Å²) in [5.74, 6) is 3.53. The van der Waals surface area contributed by atoms with E-state index in [0.29, 0.717) is 0 Å². The van der Waals surface area contributed by atoms with E-state index in [1.807, 2.05) is 0 Å². The van der Waals surface area contributed by atoms with E-state index in [0.717, 1.165) is 23.7 Å². The quantitative estimate of drug-likeness (QED) is 0.0961. The van der Waals surface area contributed by atoms with E-state index in [1.165, 1.54) is 135 Å². The molecule has 0 amide bonds. The van der Waals surface area contributed by atoms with Crippen LogP contribution in [0.3, 0.4) is 0 Å². The van der Waals surface area contributed by atoms with Crippen molar-refractivity contribution in [2.24, 2.45) is 23.7 Å². The third kappa shape index (κ3) is 20.4. The molecule has 0 aliphatic rings. The molecule has 0 saturated carbocycles.